The van der Waals surface area contributed by atoms with Crippen LogP contribution < -0.4 is 10.1 Å². The number of carbonyl (C=O) groups excluding carboxylic acids is 1. The van der Waals surface area contributed by atoms with E-state index >= 15 is 0 Å². The van der Waals surface area contributed by atoms with Crippen LogP contribution in [-0.2, 0) is 11.2 Å². The highest BCUT2D eigenvalue weighted by atomic mass is 16.5. The molecule has 0 aliphatic carbocycles. The molecule has 1 aliphatic heterocycles. The second-order valence-electron chi connectivity index (χ2n) is 8.76. The van der Waals surface area contributed by atoms with Crippen molar-refractivity contribution < 1.29 is 9.53 Å². The highest BCUT2D eigenvalue weighted by Crippen LogP contribution is 2.26. The Morgan fingerprint density at radius 3 is 2.39 bits per heavy atom. The summed E-state index contributed by atoms with van der Waals surface area (Å²) in [6.45, 7) is 6.73. The fraction of sp³-hybridized carbons (Fsp3) is 0.407. The number of benzene rings is 2. The molecule has 0 saturated carbocycles. The maximum Gasteiger partial charge on any atom is 0.224 e. The van der Waals surface area contributed by atoms with Gasteiger partial charge in [-0.05, 0) is 69.6 Å². The van der Waals surface area contributed by atoms with E-state index in [2.05, 4.69) is 27.4 Å². The van der Waals surface area contributed by atoms with Crippen molar-refractivity contribution in [3.05, 3.63) is 77.1 Å². The Labute approximate surface area is 196 Å². The number of nitrogens with one attached hydrogen (secondary N) is 1. The number of amides is 1. The first kappa shape index (κ1) is 23.1. The number of likely N-dealkylation sites (tertiary alicyclic amines) is 1. The Balaban J connectivity index is 1.46. The van der Waals surface area contributed by atoms with Crippen LogP contribution in [0.2, 0.25) is 0 Å². The average molecular weight is 447 g/mol. The Kier molecular flexibility index (Phi) is 7.45. The van der Waals surface area contributed by atoms with Gasteiger partial charge in [0.15, 0.2) is 0 Å². The van der Waals surface area contributed by atoms with E-state index < -0.39 is 0 Å². The summed E-state index contributed by atoms with van der Waals surface area (Å²) in [4.78, 5) is 15.5. The summed E-state index contributed by atoms with van der Waals surface area (Å²) in [7, 11) is 1.68. The Morgan fingerprint density at radius 2 is 1.73 bits per heavy atom. The monoisotopic (exact) mass is 446 g/mol. The molecule has 174 valence electrons. The second-order valence-corrected chi connectivity index (χ2v) is 8.76. The zero-order chi connectivity index (χ0) is 23.2. The van der Waals surface area contributed by atoms with E-state index in [1.807, 2.05) is 61.0 Å². The molecule has 1 fully saturated rings. The maximum absolute atomic E-state index is 13.0. The topological polar surface area (TPSA) is 59.4 Å². The lowest BCUT2D eigenvalue weighted by Gasteiger charge is -2.35. The molecule has 2 aromatic carbocycles. The smallest absolute Gasteiger partial charge is 0.224 e. The van der Waals surface area contributed by atoms with Crippen LogP contribution in [0.25, 0.3) is 5.69 Å². The van der Waals surface area contributed by atoms with Crippen molar-refractivity contribution in [2.75, 3.05) is 26.7 Å². The van der Waals surface area contributed by atoms with Crippen LogP contribution >= 0.6 is 0 Å². The van der Waals surface area contributed by atoms with Gasteiger partial charge in [-0.3, -0.25) is 9.69 Å². The molecule has 6 nitrogen and oxygen atoms in total. The summed E-state index contributed by atoms with van der Waals surface area (Å²) in [5.74, 6) is 0.880. The van der Waals surface area contributed by atoms with Gasteiger partial charge in [0.25, 0.3) is 0 Å². The van der Waals surface area contributed by atoms with Gasteiger partial charge in [0.05, 0.1) is 31.0 Å². The number of para-hydroxylation sites is 1. The first-order valence-corrected chi connectivity index (χ1v) is 11.8. The van der Waals surface area contributed by atoms with Gasteiger partial charge in [-0.25, -0.2) is 4.68 Å². The van der Waals surface area contributed by atoms with Gasteiger partial charge < -0.3 is 10.1 Å². The molecule has 1 aromatic heterocycles. The van der Waals surface area contributed by atoms with Gasteiger partial charge in [0, 0.05) is 17.8 Å². The molecule has 0 bridgehead atoms. The van der Waals surface area contributed by atoms with Crippen molar-refractivity contribution in [2.24, 2.45) is 0 Å². The summed E-state index contributed by atoms with van der Waals surface area (Å²) in [5, 5.41) is 7.89. The number of ether oxygens (including phenoxy) is 1. The predicted molar refractivity (Wildman–Crippen MR) is 131 cm³/mol. The molecule has 0 spiro atoms. The average Bonchev–Trinajstić information content (AvgIpc) is 3.14. The first-order valence-electron chi connectivity index (χ1n) is 11.8. The highest BCUT2D eigenvalue weighted by molar-refractivity contribution is 5.79. The molecule has 1 amide bonds. The van der Waals surface area contributed by atoms with Crippen LogP contribution in [-0.4, -0.2) is 47.3 Å². The molecule has 33 heavy (non-hydrogen) atoms. The third-order valence-corrected chi connectivity index (χ3v) is 6.60. The number of aryl methyl sites for hydroxylation is 1. The molecule has 1 N–H and O–H groups in total. The van der Waals surface area contributed by atoms with Gasteiger partial charge in [0.2, 0.25) is 5.91 Å². The summed E-state index contributed by atoms with van der Waals surface area (Å²) < 4.78 is 7.25. The predicted octanol–water partition coefficient (Wildman–Crippen LogP) is 4.38. The van der Waals surface area contributed by atoms with Gasteiger partial charge in [-0.15, -0.1) is 0 Å². The number of hydrogen-bond donors (Lipinski definition) is 1. The minimum atomic E-state index is 0.0318. The lowest BCUT2D eigenvalue weighted by molar-refractivity contribution is -0.120. The minimum absolute atomic E-state index is 0.0318. The molecule has 1 atom stereocenters. The van der Waals surface area contributed by atoms with Crippen molar-refractivity contribution in [1.82, 2.24) is 20.0 Å². The van der Waals surface area contributed by atoms with Gasteiger partial charge in [0.1, 0.15) is 5.75 Å². The van der Waals surface area contributed by atoms with Crippen LogP contribution in [0.3, 0.4) is 0 Å². The number of rotatable bonds is 8. The zero-order valence-electron chi connectivity index (χ0n) is 19.9. The van der Waals surface area contributed by atoms with E-state index in [1.54, 1.807) is 7.11 Å². The summed E-state index contributed by atoms with van der Waals surface area (Å²) >= 11 is 0. The standard InChI is InChI=1S/C27H34N4O2/c1-20-25(21(2)31(29-20)23-10-6-4-7-11-23)18-27(32)28-19-26(30-16-8-5-9-17-30)22-12-14-24(33-3)15-13-22/h4,6-7,10-15,26H,5,8-9,16-19H2,1-3H3,(H,28,32)/t26-/m1/s1. The van der Waals surface area contributed by atoms with Crippen molar-refractivity contribution in [2.45, 2.75) is 45.6 Å². The molecular formula is C27H34N4O2. The van der Waals surface area contributed by atoms with E-state index in [0.717, 1.165) is 41.5 Å². The number of carbonyl (C=O) groups is 1. The molecule has 0 radical (unpaired) electrons. The SMILES string of the molecule is COc1ccc([C@@H](CNC(=O)Cc2c(C)nn(-c3ccccc3)c2C)N2CCCCC2)cc1. The van der Waals surface area contributed by atoms with Gasteiger partial charge >= 0.3 is 0 Å². The first-order chi connectivity index (χ1) is 16.1. The number of aromatic nitrogens is 2. The molecule has 4 rings (SSSR count). The molecule has 6 heteroatoms. The molecular weight excluding hydrogens is 412 g/mol. The number of methoxy groups -OCH3 is 1. The van der Waals surface area contributed by atoms with Crippen molar-refractivity contribution in [3.8, 4) is 11.4 Å². The molecule has 0 unspecified atom stereocenters. The highest BCUT2D eigenvalue weighted by Gasteiger charge is 2.24. The summed E-state index contributed by atoms with van der Waals surface area (Å²) in [5.41, 5.74) is 5.12. The number of piperidine rings is 1. The van der Waals surface area contributed by atoms with E-state index in [0.29, 0.717) is 13.0 Å². The van der Waals surface area contributed by atoms with Crippen LogP contribution in [0.4, 0.5) is 0 Å². The van der Waals surface area contributed by atoms with E-state index in [-0.39, 0.29) is 11.9 Å². The van der Waals surface area contributed by atoms with Crippen LogP contribution in [0, 0.1) is 13.8 Å². The van der Waals surface area contributed by atoms with E-state index in [9.17, 15) is 4.79 Å². The van der Waals surface area contributed by atoms with Crippen LogP contribution in [0.15, 0.2) is 54.6 Å². The lowest BCUT2D eigenvalue weighted by atomic mass is 10.0. The fourth-order valence-corrected chi connectivity index (χ4v) is 4.70. The lowest BCUT2D eigenvalue weighted by Crippen LogP contribution is -2.41. The van der Waals surface area contributed by atoms with Crippen LogP contribution in [0.5, 0.6) is 5.75 Å². The Hall–Kier alpha value is -3.12. The normalized spacial score (nSPS) is 15.2. The third kappa shape index (κ3) is 5.45. The quantitative estimate of drug-likeness (QED) is 0.558. The van der Waals surface area contributed by atoms with Crippen molar-refractivity contribution >= 4 is 5.91 Å². The summed E-state index contributed by atoms with van der Waals surface area (Å²) in [6.07, 6.45) is 4.03. The Morgan fingerprint density at radius 1 is 1.03 bits per heavy atom. The maximum atomic E-state index is 13.0. The third-order valence-electron chi connectivity index (χ3n) is 6.60. The van der Waals surface area contributed by atoms with Crippen molar-refractivity contribution in [3.63, 3.8) is 0 Å². The largest absolute Gasteiger partial charge is 0.497 e. The Bertz CT molecular complexity index is 1050. The molecule has 2 heterocycles. The minimum Gasteiger partial charge on any atom is -0.497 e. The van der Waals surface area contributed by atoms with E-state index in [1.165, 1.54) is 24.8 Å². The fourth-order valence-electron chi connectivity index (χ4n) is 4.70. The second kappa shape index (κ2) is 10.7. The van der Waals surface area contributed by atoms with Crippen LogP contribution in [0.1, 0.15) is 47.8 Å². The molecule has 3 aromatic rings. The summed E-state index contributed by atoms with van der Waals surface area (Å²) in [6, 6.07) is 18.4. The van der Waals surface area contributed by atoms with E-state index in [4.69, 9.17) is 4.74 Å². The molecule has 1 aliphatic rings. The van der Waals surface area contributed by atoms with Crippen molar-refractivity contribution in [1.29, 1.82) is 0 Å². The molecule has 1 saturated heterocycles. The van der Waals surface area contributed by atoms with Gasteiger partial charge in [-0.2, -0.15) is 5.10 Å². The van der Waals surface area contributed by atoms with Gasteiger partial charge in [-0.1, -0.05) is 36.8 Å². The zero-order valence-corrected chi connectivity index (χ0v) is 19.9. The number of hydrogen-bond acceptors (Lipinski definition) is 4. The number of nitrogens with zero attached hydrogens (tertiary/aromatic N) is 3.